The Morgan fingerprint density at radius 2 is 2.05 bits per heavy atom. The van der Waals surface area contributed by atoms with Crippen molar-refractivity contribution in [3.05, 3.63) is 19.2 Å². The first-order valence-electron chi connectivity index (χ1n) is 6.14. The highest BCUT2D eigenvalue weighted by atomic mass is 79.9. The number of hydrogen-bond acceptors (Lipinski definition) is 3. The number of rotatable bonds is 2. The number of amides is 1. The van der Waals surface area contributed by atoms with E-state index in [-0.39, 0.29) is 5.91 Å². The van der Waals surface area contributed by atoms with Crippen molar-refractivity contribution < 1.29 is 4.79 Å². The van der Waals surface area contributed by atoms with Crippen LogP contribution >= 0.6 is 43.2 Å². The van der Waals surface area contributed by atoms with Crippen molar-refractivity contribution in [2.24, 2.45) is 0 Å². The van der Waals surface area contributed by atoms with Gasteiger partial charge >= 0.3 is 0 Å². The summed E-state index contributed by atoms with van der Waals surface area (Å²) in [6.45, 7) is 0. The third kappa shape index (κ3) is 2.88. The molecule has 0 spiro atoms. The minimum atomic E-state index is -0.627. The standard InChI is InChI=1S/C13H14Br2N2OS/c1-17(13(8-16)5-3-2-4-6-13)12(18)10-7-9(14)11(15)19-10/h7H,2-6H2,1H3. The third-order valence-electron chi connectivity index (χ3n) is 3.69. The summed E-state index contributed by atoms with van der Waals surface area (Å²) in [7, 11) is 1.75. The Morgan fingerprint density at radius 3 is 2.53 bits per heavy atom. The average molecular weight is 406 g/mol. The van der Waals surface area contributed by atoms with Crippen LogP contribution in [0.4, 0.5) is 0 Å². The predicted molar refractivity (Wildman–Crippen MR) is 83.2 cm³/mol. The highest BCUT2D eigenvalue weighted by Crippen LogP contribution is 2.36. The van der Waals surface area contributed by atoms with Crippen molar-refractivity contribution in [3.8, 4) is 6.07 Å². The van der Waals surface area contributed by atoms with E-state index in [1.807, 2.05) is 6.07 Å². The Hall–Kier alpha value is -0.380. The van der Waals surface area contributed by atoms with Gasteiger partial charge in [-0.05, 0) is 50.8 Å². The van der Waals surface area contributed by atoms with E-state index in [0.717, 1.165) is 40.4 Å². The number of carbonyl (C=O) groups is 1. The smallest absolute Gasteiger partial charge is 0.265 e. The molecule has 1 aliphatic carbocycles. The SMILES string of the molecule is CN(C(=O)c1cc(Br)c(Br)s1)C1(C#N)CCCCC1. The fraction of sp³-hybridized carbons (Fsp3) is 0.538. The Labute approximate surface area is 133 Å². The van der Waals surface area contributed by atoms with Gasteiger partial charge in [-0.1, -0.05) is 19.3 Å². The fourth-order valence-corrected chi connectivity index (χ4v) is 4.48. The van der Waals surface area contributed by atoms with Crippen LogP contribution in [-0.4, -0.2) is 23.4 Å². The van der Waals surface area contributed by atoms with E-state index in [0.29, 0.717) is 4.88 Å². The van der Waals surface area contributed by atoms with E-state index in [2.05, 4.69) is 37.9 Å². The maximum atomic E-state index is 12.5. The normalized spacial score (nSPS) is 17.8. The molecule has 0 atom stereocenters. The lowest BCUT2D eigenvalue weighted by Gasteiger charge is -2.38. The van der Waals surface area contributed by atoms with Crippen molar-refractivity contribution in [2.75, 3.05) is 7.05 Å². The van der Waals surface area contributed by atoms with Crippen molar-refractivity contribution in [1.82, 2.24) is 4.90 Å². The maximum Gasteiger partial charge on any atom is 0.265 e. The molecule has 0 unspecified atom stereocenters. The number of thiophene rings is 1. The second kappa shape index (κ2) is 5.94. The van der Waals surface area contributed by atoms with Gasteiger partial charge in [-0.15, -0.1) is 11.3 Å². The molecule has 0 saturated heterocycles. The summed E-state index contributed by atoms with van der Waals surface area (Å²) in [6.07, 6.45) is 4.74. The quantitative estimate of drug-likeness (QED) is 0.723. The molecule has 1 fully saturated rings. The zero-order valence-electron chi connectivity index (χ0n) is 10.6. The minimum absolute atomic E-state index is 0.0696. The van der Waals surface area contributed by atoms with Crippen molar-refractivity contribution in [1.29, 1.82) is 5.26 Å². The zero-order valence-corrected chi connectivity index (χ0v) is 14.6. The zero-order chi connectivity index (χ0) is 14.0. The summed E-state index contributed by atoms with van der Waals surface area (Å²) < 4.78 is 1.78. The summed E-state index contributed by atoms with van der Waals surface area (Å²) in [5.74, 6) is -0.0696. The van der Waals surface area contributed by atoms with Crippen LogP contribution in [0.25, 0.3) is 0 Å². The molecule has 0 bridgehead atoms. The molecule has 1 saturated carbocycles. The number of hydrogen-bond donors (Lipinski definition) is 0. The van der Waals surface area contributed by atoms with Crippen LogP contribution in [0.3, 0.4) is 0 Å². The van der Waals surface area contributed by atoms with E-state index in [4.69, 9.17) is 0 Å². The number of nitriles is 1. The van der Waals surface area contributed by atoms with E-state index in [1.165, 1.54) is 11.3 Å². The van der Waals surface area contributed by atoms with Gasteiger partial charge in [0.05, 0.1) is 14.7 Å². The van der Waals surface area contributed by atoms with E-state index >= 15 is 0 Å². The molecule has 1 amide bonds. The lowest BCUT2D eigenvalue weighted by molar-refractivity contribution is 0.0594. The molecule has 1 heterocycles. The van der Waals surface area contributed by atoms with Crippen LogP contribution < -0.4 is 0 Å². The first-order chi connectivity index (χ1) is 9.00. The van der Waals surface area contributed by atoms with E-state index in [9.17, 15) is 10.1 Å². The largest absolute Gasteiger partial charge is 0.322 e. The van der Waals surface area contributed by atoms with Crippen LogP contribution in [0, 0.1) is 11.3 Å². The summed E-state index contributed by atoms with van der Waals surface area (Å²) in [6, 6.07) is 4.18. The van der Waals surface area contributed by atoms with Crippen LogP contribution in [-0.2, 0) is 0 Å². The molecule has 1 aromatic rings. The number of nitrogens with zero attached hydrogens (tertiary/aromatic N) is 2. The van der Waals surface area contributed by atoms with Gasteiger partial charge in [-0.25, -0.2) is 0 Å². The van der Waals surface area contributed by atoms with Crippen molar-refractivity contribution >= 4 is 49.1 Å². The first-order valence-corrected chi connectivity index (χ1v) is 8.55. The number of halogens is 2. The van der Waals surface area contributed by atoms with Gasteiger partial charge < -0.3 is 4.90 Å². The second-order valence-corrected chi connectivity index (χ2v) is 8.02. The minimum Gasteiger partial charge on any atom is -0.322 e. The predicted octanol–water partition coefficient (Wildman–Crippen LogP) is 4.57. The van der Waals surface area contributed by atoms with Gasteiger partial charge in [0.15, 0.2) is 0 Å². The Kier molecular flexibility index (Phi) is 4.70. The van der Waals surface area contributed by atoms with Crippen LogP contribution in [0.5, 0.6) is 0 Å². The van der Waals surface area contributed by atoms with E-state index in [1.54, 1.807) is 11.9 Å². The van der Waals surface area contributed by atoms with Gasteiger partial charge in [-0.2, -0.15) is 5.26 Å². The molecule has 1 aromatic heterocycles. The highest BCUT2D eigenvalue weighted by molar-refractivity contribution is 9.13. The molecular formula is C13H14Br2N2OS. The molecule has 0 N–H and O–H groups in total. The molecular weight excluding hydrogens is 392 g/mol. The Bertz CT molecular complexity index is 510. The van der Waals surface area contributed by atoms with Crippen LogP contribution in [0.2, 0.25) is 0 Å². The third-order valence-corrected chi connectivity index (χ3v) is 6.94. The summed E-state index contributed by atoms with van der Waals surface area (Å²) >= 11 is 8.18. The fourth-order valence-electron chi connectivity index (χ4n) is 2.47. The average Bonchev–Trinajstić information content (AvgIpc) is 2.78. The molecule has 1 aliphatic rings. The first kappa shape index (κ1) is 15.0. The van der Waals surface area contributed by atoms with Gasteiger partial charge in [0.2, 0.25) is 0 Å². The van der Waals surface area contributed by atoms with Gasteiger partial charge in [0.1, 0.15) is 5.54 Å². The number of carbonyl (C=O) groups excluding carboxylic acids is 1. The van der Waals surface area contributed by atoms with Crippen LogP contribution in [0.1, 0.15) is 41.8 Å². The monoisotopic (exact) mass is 404 g/mol. The molecule has 19 heavy (non-hydrogen) atoms. The summed E-state index contributed by atoms with van der Waals surface area (Å²) in [4.78, 5) is 14.8. The lowest BCUT2D eigenvalue weighted by atomic mass is 9.81. The summed E-state index contributed by atoms with van der Waals surface area (Å²) in [5, 5.41) is 9.51. The molecule has 3 nitrogen and oxygen atoms in total. The Morgan fingerprint density at radius 1 is 1.42 bits per heavy atom. The molecule has 0 aliphatic heterocycles. The molecule has 102 valence electrons. The topological polar surface area (TPSA) is 44.1 Å². The van der Waals surface area contributed by atoms with Crippen LogP contribution in [0.15, 0.2) is 14.3 Å². The molecule has 6 heteroatoms. The lowest BCUT2D eigenvalue weighted by Crippen LogP contribution is -2.49. The van der Waals surface area contributed by atoms with E-state index < -0.39 is 5.54 Å². The highest BCUT2D eigenvalue weighted by Gasteiger charge is 2.39. The molecule has 0 aromatic carbocycles. The molecule has 2 rings (SSSR count). The van der Waals surface area contributed by atoms with Gasteiger partial charge in [0, 0.05) is 11.5 Å². The second-order valence-electron chi connectivity index (χ2n) is 4.80. The summed E-state index contributed by atoms with van der Waals surface area (Å²) in [5.41, 5.74) is -0.627. The van der Waals surface area contributed by atoms with Gasteiger partial charge in [-0.3, -0.25) is 4.79 Å². The van der Waals surface area contributed by atoms with Gasteiger partial charge in [0.25, 0.3) is 5.91 Å². The Balaban J connectivity index is 2.25. The maximum absolute atomic E-state index is 12.5. The molecule has 0 radical (unpaired) electrons. The van der Waals surface area contributed by atoms with Crippen molar-refractivity contribution in [2.45, 2.75) is 37.6 Å². The van der Waals surface area contributed by atoms with Crippen molar-refractivity contribution in [3.63, 3.8) is 0 Å².